The van der Waals surface area contributed by atoms with Gasteiger partial charge in [0.25, 0.3) is 0 Å². The molecule has 4 nitrogen and oxygen atoms in total. The zero-order valence-electron chi connectivity index (χ0n) is 14.8. The van der Waals surface area contributed by atoms with Crippen molar-refractivity contribution < 1.29 is 19.4 Å². The van der Waals surface area contributed by atoms with E-state index in [1.165, 1.54) is 19.3 Å². The summed E-state index contributed by atoms with van der Waals surface area (Å²) in [5.41, 5.74) is 0. The Morgan fingerprint density at radius 1 is 1.00 bits per heavy atom. The van der Waals surface area contributed by atoms with Crippen molar-refractivity contribution in [1.29, 1.82) is 0 Å². The fourth-order valence-corrected chi connectivity index (χ4v) is 2.69. The minimum atomic E-state index is -0.926. The lowest BCUT2D eigenvalue weighted by Crippen LogP contribution is -2.25. The second kappa shape index (κ2) is 12.5. The van der Waals surface area contributed by atoms with Gasteiger partial charge >= 0.3 is 11.9 Å². The van der Waals surface area contributed by atoms with Crippen LogP contribution in [0.5, 0.6) is 0 Å². The van der Waals surface area contributed by atoms with E-state index in [2.05, 4.69) is 20.8 Å². The van der Waals surface area contributed by atoms with Crippen molar-refractivity contribution in [3.05, 3.63) is 0 Å². The molecular weight excluding hydrogens is 280 g/mol. The predicted octanol–water partition coefficient (Wildman–Crippen LogP) is 4.81. The van der Waals surface area contributed by atoms with Gasteiger partial charge in [-0.3, -0.25) is 9.59 Å². The minimum Gasteiger partial charge on any atom is -0.481 e. The maximum absolute atomic E-state index is 12.2. The first kappa shape index (κ1) is 20.9. The van der Waals surface area contributed by atoms with Crippen LogP contribution in [0.3, 0.4) is 0 Å². The second-order valence-corrected chi connectivity index (χ2v) is 6.73. The van der Waals surface area contributed by atoms with Crippen LogP contribution in [-0.4, -0.2) is 23.1 Å². The van der Waals surface area contributed by atoms with Crippen molar-refractivity contribution >= 4 is 11.9 Å². The van der Waals surface area contributed by atoms with Crippen LogP contribution in [0.2, 0.25) is 0 Å². The molecule has 0 amide bonds. The van der Waals surface area contributed by atoms with Gasteiger partial charge < -0.3 is 9.84 Å². The summed E-state index contributed by atoms with van der Waals surface area (Å²) in [5, 5.41) is 8.98. The molecule has 0 radical (unpaired) electrons. The van der Waals surface area contributed by atoms with E-state index in [0.717, 1.165) is 25.7 Å². The molecule has 4 heteroatoms. The summed E-state index contributed by atoms with van der Waals surface area (Å²) in [6, 6.07) is 0. The average Bonchev–Trinajstić information content (AvgIpc) is 2.39. The smallest absolute Gasteiger partial charge is 0.309 e. The minimum absolute atomic E-state index is 0.123. The molecule has 0 spiro atoms. The standard InChI is InChI=1S/C18H34O4/c1-5-6-7-8-9-10-11-16(13-17(19)20)18(21)22-15(4)12-14(2)3/h14-16H,5-13H2,1-4H3,(H,19,20). The number of unbranched alkanes of at least 4 members (excludes halogenated alkanes) is 5. The van der Waals surface area contributed by atoms with Gasteiger partial charge in [0.05, 0.1) is 18.4 Å². The van der Waals surface area contributed by atoms with Crippen molar-refractivity contribution in [2.24, 2.45) is 11.8 Å². The number of hydrogen-bond donors (Lipinski definition) is 1. The second-order valence-electron chi connectivity index (χ2n) is 6.73. The van der Waals surface area contributed by atoms with Crippen LogP contribution >= 0.6 is 0 Å². The summed E-state index contributed by atoms with van der Waals surface area (Å²) >= 11 is 0. The molecule has 0 bridgehead atoms. The van der Waals surface area contributed by atoms with Gasteiger partial charge in [0.2, 0.25) is 0 Å². The van der Waals surface area contributed by atoms with E-state index in [1.807, 2.05) is 6.92 Å². The van der Waals surface area contributed by atoms with Crippen LogP contribution in [0.15, 0.2) is 0 Å². The highest BCUT2D eigenvalue weighted by Crippen LogP contribution is 2.19. The third-order valence-corrected chi connectivity index (χ3v) is 3.78. The fourth-order valence-electron chi connectivity index (χ4n) is 2.69. The number of carboxylic acids is 1. The van der Waals surface area contributed by atoms with Gasteiger partial charge in [-0.15, -0.1) is 0 Å². The Balaban J connectivity index is 4.19. The van der Waals surface area contributed by atoms with Crippen molar-refractivity contribution in [3.8, 4) is 0 Å². The van der Waals surface area contributed by atoms with E-state index < -0.39 is 11.9 Å². The summed E-state index contributed by atoms with van der Waals surface area (Å²) in [6.45, 7) is 8.21. The highest BCUT2D eigenvalue weighted by Gasteiger charge is 2.24. The summed E-state index contributed by atoms with van der Waals surface area (Å²) in [5.74, 6) is -1.31. The predicted molar refractivity (Wildman–Crippen MR) is 88.7 cm³/mol. The number of rotatable bonds is 13. The lowest BCUT2D eigenvalue weighted by Gasteiger charge is -2.19. The summed E-state index contributed by atoms with van der Waals surface area (Å²) in [4.78, 5) is 23.1. The molecule has 0 aromatic heterocycles. The van der Waals surface area contributed by atoms with Gasteiger partial charge in [-0.1, -0.05) is 59.3 Å². The van der Waals surface area contributed by atoms with Crippen LogP contribution in [0.4, 0.5) is 0 Å². The number of ether oxygens (including phenoxy) is 1. The molecule has 0 saturated carbocycles. The largest absolute Gasteiger partial charge is 0.481 e. The first-order valence-electron chi connectivity index (χ1n) is 8.79. The quantitative estimate of drug-likeness (QED) is 0.391. The zero-order chi connectivity index (χ0) is 17.0. The lowest BCUT2D eigenvalue weighted by atomic mass is 9.97. The van der Waals surface area contributed by atoms with Gasteiger partial charge in [0.15, 0.2) is 0 Å². The van der Waals surface area contributed by atoms with Gasteiger partial charge in [-0.25, -0.2) is 0 Å². The Morgan fingerprint density at radius 2 is 1.59 bits per heavy atom. The fraction of sp³-hybridized carbons (Fsp3) is 0.889. The van der Waals surface area contributed by atoms with E-state index in [9.17, 15) is 9.59 Å². The molecule has 0 heterocycles. The Morgan fingerprint density at radius 3 is 2.14 bits per heavy atom. The Kier molecular flexibility index (Phi) is 11.9. The maximum atomic E-state index is 12.2. The van der Waals surface area contributed by atoms with Crippen molar-refractivity contribution in [2.45, 2.75) is 91.6 Å². The Labute approximate surface area is 135 Å². The number of carbonyl (C=O) groups excluding carboxylic acids is 1. The number of carbonyl (C=O) groups is 2. The third kappa shape index (κ3) is 11.6. The number of aliphatic carboxylic acids is 1. The van der Waals surface area contributed by atoms with Gasteiger partial charge in [0.1, 0.15) is 0 Å². The molecule has 0 aliphatic carbocycles. The van der Waals surface area contributed by atoms with Crippen LogP contribution < -0.4 is 0 Å². The van der Waals surface area contributed by atoms with Crippen molar-refractivity contribution in [1.82, 2.24) is 0 Å². The summed E-state index contributed by atoms with van der Waals surface area (Å²) in [6.07, 6.45) is 7.95. The van der Waals surface area contributed by atoms with E-state index in [-0.39, 0.29) is 18.5 Å². The van der Waals surface area contributed by atoms with Crippen LogP contribution in [0, 0.1) is 11.8 Å². The first-order valence-corrected chi connectivity index (χ1v) is 8.79. The summed E-state index contributed by atoms with van der Waals surface area (Å²) < 4.78 is 5.42. The molecule has 0 aliphatic heterocycles. The lowest BCUT2D eigenvalue weighted by molar-refractivity contribution is -0.157. The monoisotopic (exact) mass is 314 g/mol. The maximum Gasteiger partial charge on any atom is 0.309 e. The Hall–Kier alpha value is -1.06. The molecule has 130 valence electrons. The van der Waals surface area contributed by atoms with Gasteiger partial charge in [0, 0.05) is 0 Å². The van der Waals surface area contributed by atoms with Crippen LogP contribution in [0.1, 0.15) is 85.5 Å². The molecular formula is C18H34O4. The molecule has 2 unspecified atom stereocenters. The normalized spacial score (nSPS) is 13.9. The first-order chi connectivity index (χ1) is 10.4. The molecule has 22 heavy (non-hydrogen) atoms. The van der Waals surface area contributed by atoms with E-state index in [4.69, 9.17) is 9.84 Å². The average molecular weight is 314 g/mol. The highest BCUT2D eigenvalue weighted by atomic mass is 16.5. The molecule has 1 N–H and O–H groups in total. The zero-order valence-corrected chi connectivity index (χ0v) is 14.8. The van der Waals surface area contributed by atoms with Crippen molar-refractivity contribution in [2.75, 3.05) is 0 Å². The third-order valence-electron chi connectivity index (χ3n) is 3.78. The molecule has 0 aliphatic rings. The van der Waals surface area contributed by atoms with Crippen LogP contribution in [-0.2, 0) is 14.3 Å². The van der Waals surface area contributed by atoms with Gasteiger partial charge in [-0.05, 0) is 25.7 Å². The van der Waals surface area contributed by atoms with E-state index in [1.54, 1.807) is 0 Å². The number of esters is 1. The molecule has 0 saturated heterocycles. The van der Waals surface area contributed by atoms with Crippen LogP contribution in [0.25, 0.3) is 0 Å². The molecule has 0 aromatic carbocycles. The molecule has 0 fully saturated rings. The molecule has 0 aromatic rings. The van der Waals surface area contributed by atoms with E-state index in [0.29, 0.717) is 12.3 Å². The number of hydrogen-bond acceptors (Lipinski definition) is 3. The molecule has 0 rings (SSSR count). The Bertz CT molecular complexity index is 312. The topological polar surface area (TPSA) is 63.6 Å². The number of carboxylic acid groups (broad SMARTS) is 1. The highest BCUT2D eigenvalue weighted by molar-refractivity contribution is 5.79. The van der Waals surface area contributed by atoms with Crippen molar-refractivity contribution in [3.63, 3.8) is 0 Å². The summed E-state index contributed by atoms with van der Waals surface area (Å²) in [7, 11) is 0. The molecule has 2 atom stereocenters. The SMILES string of the molecule is CCCCCCCCC(CC(=O)O)C(=O)OC(C)CC(C)C. The van der Waals surface area contributed by atoms with E-state index >= 15 is 0 Å². The van der Waals surface area contributed by atoms with Gasteiger partial charge in [-0.2, -0.15) is 0 Å².